The molecule has 118 valence electrons. The van der Waals surface area contributed by atoms with Gasteiger partial charge < -0.3 is 10.6 Å². The van der Waals surface area contributed by atoms with Gasteiger partial charge in [0.1, 0.15) is 0 Å². The lowest BCUT2D eigenvalue weighted by Gasteiger charge is -2.21. The Kier molecular flexibility index (Phi) is 6.25. The van der Waals surface area contributed by atoms with E-state index in [1.165, 1.54) is 38.5 Å². The maximum absolute atomic E-state index is 3.56. The first kappa shape index (κ1) is 16.5. The van der Waals surface area contributed by atoms with Crippen molar-refractivity contribution in [3.05, 3.63) is 34.9 Å². The summed E-state index contributed by atoms with van der Waals surface area (Å²) in [5, 5.41) is 6.95. The highest BCUT2D eigenvalue weighted by Crippen LogP contribution is 2.28. The van der Waals surface area contributed by atoms with E-state index in [0.717, 1.165) is 19.6 Å². The summed E-state index contributed by atoms with van der Waals surface area (Å²) in [5.74, 6) is 0. The summed E-state index contributed by atoms with van der Waals surface area (Å²) in [7, 11) is 0. The highest BCUT2D eigenvalue weighted by molar-refractivity contribution is 5.39. The Morgan fingerprint density at radius 2 is 1.90 bits per heavy atom. The Morgan fingerprint density at radius 3 is 2.52 bits per heavy atom. The van der Waals surface area contributed by atoms with E-state index in [9.17, 15) is 0 Å². The predicted octanol–water partition coefficient (Wildman–Crippen LogP) is 4.11. The molecular formula is C19H32N2. The lowest BCUT2D eigenvalue weighted by molar-refractivity contribution is 0.418. The second-order valence-corrected chi connectivity index (χ2v) is 7.33. The van der Waals surface area contributed by atoms with Crippen LogP contribution >= 0.6 is 0 Å². The van der Waals surface area contributed by atoms with Gasteiger partial charge >= 0.3 is 0 Å². The Labute approximate surface area is 130 Å². The van der Waals surface area contributed by atoms with Gasteiger partial charge in [-0.2, -0.15) is 0 Å². The van der Waals surface area contributed by atoms with Crippen molar-refractivity contribution in [2.45, 2.75) is 64.8 Å². The van der Waals surface area contributed by atoms with Gasteiger partial charge in [-0.3, -0.25) is 0 Å². The summed E-state index contributed by atoms with van der Waals surface area (Å²) >= 11 is 0. The minimum atomic E-state index is 0.254. The maximum atomic E-state index is 3.56. The van der Waals surface area contributed by atoms with Crippen molar-refractivity contribution >= 4 is 0 Å². The second-order valence-electron chi connectivity index (χ2n) is 7.33. The summed E-state index contributed by atoms with van der Waals surface area (Å²) in [4.78, 5) is 0. The largest absolute Gasteiger partial charge is 0.313 e. The van der Waals surface area contributed by atoms with Crippen LogP contribution in [-0.2, 0) is 0 Å². The molecule has 1 aliphatic carbocycles. The third kappa shape index (κ3) is 6.19. The minimum Gasteiger partial charge on any atom is -0.313 e. The summed E-state index contributed by atoms with van der Waals surface area (Å²) in [6.45, 7) is 10.0. The van der Waals surface area contributed by atoms with Gasteiger partial charge in [0.15, 0.2) is 0 Å². The van der Waals surface area contributed by atoms with Crippen LogP contribution in [-0.4, -0.2) is 25.2 Å². The van der Waals surface area contributed by atoms with Gasteiger partial charge in [-0.1, -0.05) is 23.8 Å². The van der Waals surface area contributed by atoms with Crippen molar-refractivity contribution in [2.24, 2.45) is 0 Å². The molecule has 0 saturated carbocycles. The van der Waals surface area contributed by atoms with Gasteiger partial charge in [-0.25, -0.2) is 0 Å². The molecule has 2 rings (SSSR count). The smallest absolute Gasteiger partial charge is 0.0140 e. The molecular weight excluding hydrogens is 256 g/mol. The van der Waals surface area contributed by atoms with Gasteiger partial charge in [-0.05, 0) is 83.5 Å². The molecule has 0 spiro atoms. The molecule has 2 aliphatic rings. The molecule has 0 radical (unpaired) electrons. The minimum absolute atomic E-state index is 0.254. The second kappa shape index (κ2) is 7.95. The van der Waals surface area contributed by atoms with Crippen molar-refractivity contribution < 1.29 is 0 Å². The average Bonchev–Trinajstić information content (AvgIpc) is 2.47. The van der Waals surface area contributed by atoms with Crippen molar-refractivity contribution in [3.8, 4) is 0 Å². The Balaban J connectivity index is 1.70. The summed E-state index contributed by atoms with van der Waals surface area (Å²) in [6.07, 6.45) is 14.7. The molecule has 0 bridgehead atoms. The number of nitrogens with one attached hydrogen (secondary N) is 2. The van der Waals surface area contributed by atoms with Gasteiger partial charge in [0.05, 0.1) is 0 Å². The Morgan fingerprint density at radius 1 is 1.05 bits per heavy atom. The molecule has 2 N–H and O–H groups in total. The van der Waals surface area contributed by atoms with E-state index >= 15 is 0 Å². The van der Waals surface area contributed by atoms with Crippen LogP contribution in [0.25, 0.3) is 0 Å². The van der Waals surface area contributed by atoms with E-state index in [2.05, 4.69) is 49.6 Å². The number of rotatable bonds is 6. The predicted molar refractivity (Wildman–Crippen MR) is 92.6 cm³/mol. The topological polar surface area (TPSA) is 24.1 Å². The van der Waals surface area contributed by atoms with E-state index in [1.54, 1.807) is 16.7 Å². The fraction of sp³-hybridized carbons (Fsp3) is 0.684. The normalized spacial score (nSPS) is 19.9. The Bertz CT molecular complexity index is 421. The Hall–Kier alpha value is -0.860. The molecule has 0 fully saturated rings. The first-order chi connectivity index (χ1) is 10.0. The molecule has 0 aromatic rings. The highest BCUT2D eigenvalue weighted by atomic mass is 14.9. The maximum Gasteiger partial charge on any atom is 0.0140 e. The highest BCUT2D eigenvalue weighted by Gasteiger charge is 2.12. The standard InChI is InChI=1S/C19H32N2/c1-19(2,3)21-13-5-4-6-16-7-9-17(10-8-16)18-11-14-20-15-12-18/h7,9,11,20-21H,4-6,8,10,12-15H2,1-3H3. The molecule has 2 heteroatoms. The molecule has 0 aromatic heterocycles. The van der Waals surface area contributed by atoms with Crippen LogP contribution in [0.4, 0.5) is 0 Å². The summed E-state index contributed by atoms with van der Waals surface area (Å²) in [5.41, 5.74) is 5.06. The zero-order valence-electron chi connectivity index (χ0n) is 14.1. The number of unbranched alkanes of at least 4 members (excludes halogenated alkanes) is 1. The van der Waals surface area contributed by atoms with Gasteiger partial charge in [-0.15, -0.1) is 0 Å². The first-order valence-corrected chi connectivity index (χ1v) is 8.58. The van der Waals surface area contributed by atoms with Crippen LogP contribution in [0.5, 0.6) is 0 Å². The van der Waals surface area contributed by atoms with E-state index in [4.69, 9.17) is 0 Å². The molecule has 1 heterocycles. The van der Waals surface area contributed by atoms with Crippen LogP contribution in [0, 0.1) is 0 Å². The molecule has 1 aliphatic heterocycles. The monoisotopic (exact) mass is 288 g/mol. The van der Waals surface area contributed by atoms with E-state index in [0.29, 0.717) is 0 Å². The quantitative estimate of drug-likeness (QED) is 0.719. The van der Waals surface area contributed by atoms with E-state index in [-0.39, 0.29) is 5.54 Å². The van der Waals surface area contributed by atoms with Crippen LogP contribution in [0.15, 0.2) is 34.9 Å². The summed E-state index contributed by atoms with van der Waals surface area (Å²) in [6, 6.07) is 0. The number of hydrogen-bond donors (Lipinski definition) is 2. The number of allylic oxidation sites excluding steroid dienone is 4. The zero-order valence-corrected chi connectivity index (χ0v) is 14.1. The van der Waals surface area contributed by atoms with E-state index in [1.807, 2.05) is 0 Å². The average molecular weight is 288 g/mol. The SMILES string of the molecule is CC(C)(C)NCCCCC1=CC=C(C2=CCNCC2)CC1. The van der Waals surface area contributed by atoms with Gasteiger partial charge in [0, 0.05) is 12.1 Å². The third-order valence-electron chi connectivity index (χ3n) is 4.29. The van der Waals surface area contributed by atoms with Crippen molar-refractivity contribution in [1.82, 2.24) is 10.6 Å². The van der Waals surface area contributed by atoms with Crippen LogP contribution in [0.1, 0.15) is 59.3 Å². The fourth-order valence-electron chi connectivity index (χ4n) is 3.01. The fourth-order valence-corrected chi connectivity index (χ4v) is 3.01. The van der Waals surface area contributed by atoms with E-state index < -0.39 is 0 Å². The van der Waals surface area contributed by atoms with Crippen molar-refractivity contribution in [2.75, 3.05) is 19.6 Å². The molecule has 0 unspecified atom stereocenters. The van der Waals surface area contributed by atoms with Gasteiger partial charge in [0.25, 0.3) is 0 Å². The van der Waals surface area contributed by atoms with Crippen molar-refractivity contribution in [1.29, 1.82) is 0 Å². The summed E-state index contributed by atoms with van der Waals surface area (Å²) < 4.78 is 0. The lowest BCUT2D eigenvalue weighted by atomic mass is 9.89. The third-order valence-corrected chi connectivity index (χ3v) is 4.29. The van der Waals surface area contributed by atoms with Crippen LogP contribution < -0.4 is 10.6 Å². The van der Waals surface area contributed by atoms with Crippen LogP contribution in [0.2, 0.25) is 0 Å². The van der Waals surface area contributed by atoms with Gasteiger partial charge in [0.2, 0.25) is 0 Å². The molecule has 0 atom stereocenters. The molecule has 0 amide bonds. The molecule has 2 nitrogen and oxygen atoms in total. The van der Waals surface area contributed by atoms with Crippen molar-refractivity contribution in [3.63, 3.8) is 0 Å². The lowest BCUT2D eigenvalue weighted by Crippen LogP contribution is -2.36. The van der Waals surface area contributed by atoms with Crippen LogP contribution in [0.3, 0.4) is 0 Å². The molecule has 21 heavy (non-hydrogen) atoms. The molecule has 0 saturated heterocycles. The zero-order chi connectivity index (χ0) is 15.1. The number of hydrogen-bond acceptors (Lipinski definition) is 2. The molecule has 0 aromatic carbocycles. The first-order valence-electron chi connectivity index (χ1n) is 8.58.